The van der Waals surface area contributed by atoms with Crippen molar-refractivity contribution in [2.75, 3.05) is 19.8 Å². The van der Waals surface area contributed by atoms with Crippen LogP contribution < -0.4 is 0 Å². The molecule has 13 heteroatoms. The van der Waals surface area contributed by atoms with Crippen LogP contribution in [0.25, 0.3) is 0 Å². The van der Waals surface area contributed by atoms with Crippen LogP contribution in [-0.4, -0.2) is 98.9 Å². The summed E-state index contributed by atoms with van der Waals surface area (Å²) < 4.78 is 34.0. The summed E-state index contributed by atoms with van der Waals surface area (Å²) in [6.07, 6.45) is 22.0. The van der Waals surface area contributed by atoms with Gasteiger partial charge in [-0.1, -0.05) is 181 Å². The van der Waals surface area contributed by atoms with Crippen LogP contribution in [0.4, 0.5) is 0 Å². The number of carbonyl (C=O) groups is 1. The van der Waals surface area contributed by atoms with Crippen LogP contribution >= 0.6 is 7.82 Å². The van der Waals surface area contributed by atoms with Crippen LogP contribution in [0.1, 0.15) is 200 Å². The number of carbonyl (C=O) groups excluding carboxylic acids is 1. The van der Waals surface area contributed by atoms with Crippen molar-refractivity contribution >= 4 is 13.8 Å². The topological polar surface area (TPSA) is 192 Å². The number of aliphatic hydroxyl groups excluding tert-OH is 5. The van der Waals surface area contributed by atoms with Gasteiger partial charge in [0.25, 0.3) is 0 Å². The molecule has 0 radical (unpaired) electrons. The van der Waals surface area contributed by atoms with E-state index in [2.05, 4.69) is 13.8 Å². The van der Waals surface area contributed by atoms with E-state index in [1.54, 1.807) is 0 Å². The van der Waals surface area contributed by atoms with Gasteiger partial charge in [-0.05, 0) is 12.8 Å². The van der Waals surface area contributed by atoms with Gasteiger partial charge in [-0.15, -0.1) is 0 Å². The highest BCUT2D eigenvalue weighted by Crippen LogP contribution is 2.47. The minimum Gasteiger partial charge on any atom is -0.457 e. The number of aliphatic hydroxyl groups is 5. The molecule has 6 atom stereocenters. The highest BCUT2D eigenvalue weighted by atomic mass is 31.2. The third-order valence-corrected chi connectivity index (χ3v) is 11.7. The molecule has 0 aromatic rings. The normalized spacial score (nSPS) is 23.1. The Balaban J connectivity index is 2.31. The van der Waals surface area contributed by atoms with E-state index in [1.165, 1.54) is 135 Å². The Labute approximate surface area is 334 Å². The lowest BCUT2D eigenvalue weighted by atomic mass is 9.85. The summed E-state index contributed by atoms with van der Waals surface area (Å²) in [4.78, 5) is 23.1. The molecule has 0 bridgehead atoms. The molecule has 0 saturated heterocycles. The van der Waals surface area contributed by atoms with Crippen molar-refractivity contribution in [2.24, 2.45) is 0 Å². The average molecular weight is 811 g/mol. The molecule has 0 heterocycles. The van der Waals surface area contributed by atoms with Gasteiger partial charge >= 0.3 is 13.8 Å². The molecule has 328 valence electrons. The van der Waals surface area contributed by atoms with Gasteiger partial charge in [-0.3, -0.25) is 13.8 Å². The fourth-order valence-corrected chi connectivity index (χ4v) is 8.09. The van der Waals surface area contributed by atoms with Gasteiger partial charge < -0.3 is 39.9 Å². The third-order valence-electron chi connectivity index (χ3n) is 10.7. The molecular formula is C42H83O12P. The highest BCUT2D eigenvalue weighted by Gasteiger charge is 2.51. The monoisotopic (exact) mass is 811 g/mol. The lowest BCUT2D eigenvalue weighted by molar-refractivity contribution is -0.220. The molecule has 0 spiro atoms. The second-order valence-corrected chi connectivity index (χ2v) is 17.3. The average Bonchev–Trinajstić information content (AvgIpc) is 3.17. The van der Waals surface area contributed by atoms with Gasteiger partial charge in [0, 0.05) is 13.0 Å². The van der Waals surface area contributed by atoms with Crippen LogP contribution in [0.5, 0.6) is 0 Å². The number of hydrogen-bond donors (Lipinski definition) is 6. The Bertz CT molecular complexity index is 926. The Morgan fingerprint density at radius 2 is 0.855 bits per heavy atom. The van der Waals surface area contributed by atoms with Crippen LogP contribution in [0.15, 0.2) is 0 Å². The number of unbranched alkanes of at least 4 members (excludes halogenated alkanes) is 26. The van der Waals surface area contributed by atoms with E-state index in [4.69, 9.17) is 18.5 Å². The first-order valence-electron chi connectivity index (χ1n) is 22.4. The van der Waals surface area contributed by atoms with Crippen LogP contribution in [0.2, 0.25) is 0 Å². The predicted octanol–water partition coefficient (Wildman–Crippen LogP) is 8.59. The lowest BCUT2D eigenvalue weighted by Gasteiger charge is -2.41. The number of phosphoric acid groups is 1. The van der Waals surface area contributed by atoms with Crippen LogP contribution in [-0.2, 0) is 27.9 Å². The smallest absolute Gasteiger partial charge is 0.457 e. The SMILES string of the molecule is CCCCCCCCCCCCCCCCCCCCCCC(=O)OC(COCCCCCCCCCC)COP(=O)(O)OC1C(O)C(O)C(O)C(O)C1O. The summed E-state index contributed by atoms with van der Waals surface area (Å²) in [5.41, 5.74) is 0. The molecule has 55 heavy (non-hydrogen) atoms. The molecule has 1 saturated carbocycles. The van der Waals surface area contributed by atoms with E-state index in [9.17, 15) is 39.8 Å². The molecule has 1 fully saturated rings. The molecule has 0 aliphatic heterocycles. The second-order valence-electron chi connectivity index (χ2n) is 15.9. The molecular weight excluding hydrogens is 727 g/mol. The maximum atomic E-state index is 12.7. The first kappa shape index (κ1) is 52.4. The molecule has 1 rings (SSSR count). The van der Waals surface area contributed by atoms with Gasteiger partial charge in [0.2, 0.25) is 0 Å². The maximum Gasteiger partial charge on any atom is 0.472 e. The van der Waals surface area contributed by atoms with Gasteiger partial charge in [0.1, 0.15) is 42.7 Å². The summed E-state index contributed by atoms with van der Waals surface area (Å²) in [7, 11) is -5.00. The van der Waals surface area contributed by atoms with E-state index < -0.39 is 63.1 Å². The zero-order valence-electron chi connectivity index (χ0n) is 34.7. The van der Waals surface area contributed by atoms with Gasteiger partial charge in [-0.2, -0.15) is 0 Å². The molecule has 12 nitrogen and oxygen atoms in total. The van der Waals surface area contributed by atoms with Crippen molar-refractivity contribution in [3.8, 4) is 0 Å². The molecule has 0 amide bonds. The number of hydrogen-bond acceptors (Lipinski definition) is 11. The summed E-state index contributed by atoms with van der Waals surface area (Å²) in [6, 6.07) is 0. The standard InChI is InChI=1S/C42H83O12P/c1-3-5-7-9-11-13-14-15-16-17-18-19-20-21-22-23-24-25-27-29-31-36(43)53-35(33-51-32-30-28-26-12-10-8-6-4-2)34-52-55(49,50)54-42-40(47)38(45)37(44)39(46)41(42)48/h35,37-42,44-48H,3-34H2,1-2H3,(H,49,50). The van der Waals surface area contributed by atoms with Crippen LogP contribution in [0, 0.1) is 0 Å². The Hall–Kier alpha value is -0.660. The Morgan fingerprint density at radius 3 is 1.25 bits per heavy atom. The fourth-order valence-electron chi connectivity index (χ4n) is 7.12. The molecule has 1 aliphatic rings. The van der Waals surface area contributed by atoms with Gasteiger partial charge in [0.05, 0.1) is 13.2 Å². The first-order valence-corrected chi connectivity index (χ1v) is 23.9. The van der Waals surface area contributed by atoms with Crippen LogP contribution in [0.3, 0.4) is 0 Å². The van der Waals surface area contributed by atoms with Crippen molar-refractivity contribution in [2.45, 2.75) is 243 Å². The van der Waals surface area contributed by atoms with Gasteiger partial charge in [-0.25, -0.2) is 4.57 Å². The molecule has 1 aliphatic carbocycles. The minimum atomic E-state index is -5.00. The van der Waals surface area contributed by atoms with E-state index >= 15 is 0 Å². The summed E-state index contributed by atoms with van der Waals surface area (Å²) in [5.74, 6) is -0.473. The summed E-state index contributed by atoms with van der Waals surface area (Å²) in [5, 5.41) is 50.0. The number of esters is 1. The highest BCUT2D eigenvalue weighted by molar-refractivity contribution is 7.47. The second kappa shape index (κ2) is 34.2. The molecule has 0 aromatic carbocycles. The van der Waals surface area contributed by atoms with E-state index in [1.807, 2.05) is 0 Å². The molecule has 0 aromatic heterocycles. The largest absolute Gasteiger partial charge is 0.472 e. The molecule has 6 N–H and O–H groups in total. The third kappa shape index (κ3) is 26.9. The predicted molar refractivity (Wildman–Crippen MR) is 217 cm³/mol. The Morgan fingerprint density at radius 1 is 0.509 bits per heavy atom. The number of rotatable bonds is 38. The summed E-state index contributed by atoms with van der Waals surface area (Å²) >= 11 is 0. The fraction of sp³-hybridized carbons (Fsp3) is 0.976. The van der Waals surface area contributed by atoms with Crippen molar-refractivity contribution < 1.29 is 58.3 Å². The van der Waals surface area contributed by atoms with E-state index in [-0.39, 0.29) is 13.0 Å². The maximum absolute atomic E-state index is 12.7. The van der Waals surface area contributed by atoms with Crippen molar-refractivity contribution in [3.05, 3.63) is 0 Å². The number of phosphoric ester groups is 1. The quantitative estimate of drug-likeness (QED) is 0.0198. The number of ether oxygens (including phenoxy) is 2. The lowest BCUT2D eigenvalue weighted by Crippen LogP contribution is -2.64. The van der Waals surface area contributed by atoms with E-state index in [0.717, 1.165) is 38.5 Å². The minimum absolute atomic E-state index is 0.0696. The van der Waals surface area contributed by atoms with Crippen molar-refractivity contribution in [1.29, 1.82) is 0 Å². The van der Waals surface area contributed by atoms with Gasteiger partial charge in [0.15, 0.2) is 0 Å². The summed E-state index contributed by atoms with van der Waals surface area (Å²) in [6.45, 7) is 4.25. The molecule has 6 unspecified atom stereocenters. The van der Waals surface area contributed by atoms with E-state index in [0.29, 0.717) is 13.0 Å². The Kier molecular flexibility index (Phi) is 32.6. The van der Waals surface area contributed by atoms with Crippen molar-refractivity contribution in [3.63, 3.8) is 0 Å². The zero-order valence-corrected chi connectivity index (χ0v) is 35.6. The van der Waals surface area contributed by atoms with Crippen molar-refractivity contribution in [1.82, 2.24) is 0 Å². The first-order chi connectivity index (χ1) is 26.5. The zero-order chi connectivity index (χ0) is 40.6.